The molecule has 9 heavy (non-hydrogen) atoms. The van der Waals surface area contributed by atoms with Crippen molar-refractivity contribution < 1.29 is 5.11 Å². The second-order valence-electron chi connectivity index (χ2n) is 1.84. The smallest absolute Gasteiger partial charge is 0.204 e. The van der Waals surface area contributed by atoms with Crippen LogP contribution >= 0.6 is 0 Å². The molecular formula is C6H8BNO. The molecule has 0 saturated heterocycles. The van der Waals surface area contributed by atoms with Gasteiger partial charge in [0.15, 0.2) is 7.28 Å². The van der Waals surface area contributed by atoms with Gasteiger partial charge < -0.3 is 5.11 Å². The maximum Gasteiger partial charge on any atom is 0.204 e. The molecular weight excluding hydrogens is 113 g/mol. The van der Waals surface area contributed by atoms with Crippen LogP contribution < -0.4 is 5.46 Å². The van der Waals surface area contributed by atoms with Crippen LogP contribution in [-0.2, 0) is 0 Å². The van der Waals surface area contributed by atoms with Crippen LogP contribution in [0.15, 0.2) is 18.3 Å². The van der Waals surface area contributed by atoms with E-state index in [-0.39, 0.29) is 5.88 Å². The van der Waals surface area contributed by atoms with Gasteiger partial charge in [-0.3, -0.25) is 0 Å². The maximum absolute atomic E-state index is 9.00. The Balaban J connectivity index is 3.01. The van der Waals surface area contributed by atoms with E-state index in [4.69, 9.17) is 5.11 Å². The highest BCUT2D eigenvalue weighted by molar-refractivity contribution is 6.52. The Bertz CT molecular complexity index is 202. The first kappa shape index (κ1) is 6.14. The lowest BCUT2D eigenvalue weighted by atomic mass is 9.74. The fraction of sp³-hybridized carbons (Fsp3) is 0.167. The van der Waals surface area contributed by atoms with E-state index < -0.39 is 0 Å². The summed E-state index contributed by atoms with van der Waals surface area (Å²) in [5.74, 6) is 0.153. The van der Waals surface area contributed by atoms with E-state index >= 15 is 0 Å². The van der Waals surface area contributed by atoms with Gasteiger partial charge in [0.25, 0.3) is 0 Å². The Hall–Kier alpha value is -0.985. The molecule has 1 rings (SSSR count). The Kier molecular flexibility index (Phi) is 1.73. The van der Waals surface area contributed by atoms with Crippen LogP contribution in [0.25, 0.3) is 0 Å². The quantitative estimate of drug-likeness (QED) is 0.526. The molecule has 0 aliphatic heterocycles. The summed E-state index contributed by atoms with van der Waals surface area (Å²) in [6.45, 7) is 1.98. The van der Waals surface area contributed by atoms with E-state index in [1.165, 1.54) is 0 Å². The number of nitrogens with zero attached hydrogens (tertiary/aromatic N) is 1. The second kappa shape index (κ2) is 2.53. The van der Waals surface area contributed by atoms with Gasteiger partial charge >= 0.3 is 0 Å². The van der Waals surface area contributed by atoms with E-state index in [9.17, 15) is 0 Å². The molecule has 0 aliphatic rings. The summed E-state index contributed by atoms with van der Waals surface area (Å²) >= 11 is 0. The largest absolute Gasteiger partial charge is 0.494 e. The topological polar surface area (TPSA) is 33.1 Å². The first-order chi connectivity index (χ1) is 4.34. The average Bonchev–Trinajstić information content (AvgIpc) is 1.89. The van der Waals surface area contributed by atoms with Gasteiger partial charge in [-0.05, 0) is 11.5 Å². The molecule has 0 atom stereocenters. The summed E-state index contributed by atoms with van der Waals surface area (Å²) in [6, 6.07) is 3.68. The Morgan fingerprint density at radius 2 is 2.44 bits per heavy atom. The zero-order valence-electron chi connectivity index (χ0n) is 5.33. The monoisotopic (exact) mass is 121 g/mol. The lowest BCUT2D eigenvalue weighted by molar-refractivity contribution is 0.458. The van der Waals surface area contributed by atoms with Crippen LogP contribution in [-0.4, -0.2) is 17.4 Å². The maximum atomic E-state index is 9.00. The lowest BCUT2D eigenvalue weighted by Gasteiger charge is -1.94. The van der Waals surface area contributed by atoms with Crippen molar-refractivity contribution in [2.75, 3.05) is 0 Å². The highest BCUT2D eigenvalue weighted by atomic mass is 16.3. The molecule has 0 spiro atoms. The van der Waals surface area contributed by atoms with Gasteiger partial charge in [-0.15, -0.1) is 0 Å². The third-order valence-electron chi connectivity index (χ3n) is 1.25. The van der Waals surface area contributed by atoms with Gasteiger partial charge in [-0.25, -0.2) is 4.98 Å². The van der Waals surface area contributed by atoms with E-state index in [0.29, 0.717) is 0 Å². The SMILES string of the molecule is CBc1cccnc1O. The number of aromatic nitrogens is 1. The molecule has 1 aromatic rings. The molecule has 0 aliphatic carbocycles. The summed E-state index contributed by atoms with van der Waals surface area (Å²) in [7, 11) is 0.833. The van der Waals surface area contributed by atoms with E-state index in [2.05, 4.69) is 4.98 Å². The zero-order chi connectivity index (χ0) is 6.69. The third kappa shape index (κ3) is 1.22. The molecule has 0 fully saturated rings. The highest BCUT2D eigenvalue weighted by Gasteiger charge is 1.95. The zero-order valence-corrected chi connectivity index (χ0v) is 5.33. The predicted molar refractivity (Wildman–Crippen MR) is 38.5 cm³/mol. The first-order valence-electron chi connectivity index (χ1n) is 2.97. The average molecular weight is 121 g/mol. The number of pyridine rings is 1. The summed E-state index contributed by atoms with van der Waals surface area (Å²) in [4.78, 5) is 3.71. The van der Waals surface area contributed by atoms with E-state index in [1.807, 2.05) is 19.0 Å². The minimum Gasteiger partial charge on any atom is -0.494 e. The number of rotatable bonds is 1. The molecule has 0 saturated carbocycles. The normalized spacial score (nSPS) is 9.00. The van der Waals surface area contributed by atoms with Crippen molar-refractivity contribution in [1.82, 2.24) is 4.98 Å². The molecule has 3 heteroatoms. The molecule has 0 amide bonds. The van der Waals surface area contributed by atoms with Crippen molar-refractivity contribution in [3.8, 4) is 5.88 Å². The lowest BCUT2D eigenvalue weighted by Crippen LogP contribution is -2.10. The third-order valence-corrected chi connectivity index (χ3v) is 1.25. The van der Waals surface area contributed by atoms with E-state index in [1.54, 1.807) is 6.20 Å². The van der Waals surface area contributed by atoms with Gasteiger partial charge in [-0.2, -0.15) is 0 Å². The van der Waals surface area contributed by atoms with Gasteiger partial charge in [0.1, 0.15) is 0 Å². The molecule has 2 nitrogen and oxygen atoms in total. The Morgan fingerprint density at radius 1 is 1.67 bits per heavy atom. The van der Waals surface area contributed by atoms with Crippen molar-refractivity contribution in [2.45, 2.75) is 6.82 Å². The Labute approximate surface area is 54.8 Å². The highest BCUT2D eigenvalue weighted by Crippen LogP contribution is 1.94. The number of hydrogen-bond donors (Lipinski definition) is 1. The number of hydrogen-bond acceptors (Lipinski definition) is 2. The number of aromatic hydroxyl groups is 1. The van der Waals surface area contributed by atoms with Crippen LogP contribution in [0.2, 0.25) is 6.82 Å². The minimum atomic E-state index is 0.153. The first-order valence-corrected chi connectivity index (χ1v) is 2.97. The standard InChI is InChI=1S/C6H8BNO/c1-7-5-3-2-4-8-6(5)9/h2-4,7H,1H3,(H,8,9). The summed E-state index contributed by atoms with van der Waals surface area (Å²) in [5.41, 5.74) is 0.900. The van der Waals surface area contributed by atoms with Crippen molar-refractivity contribution in [1.29, 1.82) is 0 Å². The molecule has 0 bridgehead atoms. The second-order valence-corrected chi connectivity index (χ2v) is 1.84. The summed E-state index contributed by atoms with van der Waals surface area (Å²) in [6.07, 6.45) is 1.58. The van der Waals surface area contributed by atoms with Gasteiger partial charge in [-0.1, -0.05) is 12.9 Å². The fourth-order valence-corrected chi connectivity index (χ4v) is 0.706. The van der Waals surface area contributed by atoms with Crippen LogP contribution in [0.3, 0.4) is 0 Å². The molecule has 0 aromatic carbocycles. The molecule has 1 heterocycles. The van der Waals surface area contributed by atoms with Crippen LogP contribution in [0.4, 0.5) is 0 Å². The minimum absolute atomic E-state index is 0.153. The summed E-state index contributed by atoms with van der Waals surface area (Å²) in [5, 5.41) is 9.00. The van der Waals surface area contributed by atoms with Gasteiger partial charge in [0.2, 0.25) is 5.88 Å². The van der Waals surface area contributed by atoms with Crippen LogP contribution in [0.5, 0.6) is 5.88 Å². The van der Waals surface area contributed by atoms with Crippen molar-refractivity contribution in [2.24, 2.45) is 0 Å². The Morgan fingerprint density at radius 3 is 2.89 bits per heavy atom. The molecule has 1 aromatic heterocycles. The van der Waals surface area contributed by atoms with Gasteiger partial charge in [0.05, 0.1) is 0 Å². The predicted octanol–water partition coefficient (Wildman–Crippen LogP) is -0.103. The summed E-state index contributed by atoms with van der Waals surface area (Å²) < 4.78 is 0. The van der Waals surface area contributed by atoms with Crippen molar-refractivity contribution in [3.63, 3.8) is 0 Å². The van der Waals surface area contributed by atoms with Gasteiger partial charge in [0, 0.05) is 6.20 Å². The fourth-order valence-electron chi connectivity index (χ4n) is 0.706. The van der Waals surface area contributed by atoms with E-state index in [0.717, 1.165) is 12.7 Å². The molecule has 1 N–H and O–H groups in total. The van der Waals surface area contributed by atoms with Crippen molar-refractivity contribution in [3.05, 3.63) is 18.3 Å². The van der Waals surface area contributed by atoms with Crippen LogP contribution in [0.1, 0.15) is 0 Å². The van der Waals surface area contributed by atoms with Crippen molar-refractivity contribution >= 4 is 12.7 Å². The molecule has 46 valence electrons. The molecule has 0 radical (unpaired) electrons. The molecule has 0 unspecified atom stereocenters. The van der Waals surface area contributed by atoms with Crippen LogP contribution in [0, 0.1) is 0 Å².